The van der Waals surface area contributed by atoms with Gasteiger partial charge in [-0.25, -0.2) is 8.42 Å². The highest BCUT2D eigenvalue weighted by Gasteiger charge is 2.27. The summed E-state index contributed by atoms with van der Waals surface area (Å²) in [5.74, 6) is -0.384. The van der Waals surface area contributed by atoms with Gasteiger partial charge < -0.3 is 24.5 Å². The molecule has 2 aromatic rings. The van der Waals surface area contributed by atoms with Crippen molar-refractivity contribution in [1.29, 1.82) is 0 Å². The van der Waals surface area contributed by atoms with Gasteiger partial charge in [-0.05, 0) is 37.1 Å². The second-order valence-electron chi connectivity index (χ2n) is 7.21. The van der Waals surface area contributed by atoms with E-state index in [2.05, 4.69) is 10.6 Å². The average Bonchev–Trinajstić information content (AvgIpc) is 3.47. The maximum absolute atomic E-state index is 13.0. The molecule has 2 aliphatic rings. The zero-order valence-corrected chi connectivity index (χ0v) is 17.3. The molecular formula is C20H25N3O6S. The molecule has 2 fully saturated rings. The zero-order valence-electron chi connectivity index (χ0n) is 16.5. The molecule has 1 aromatic heterocycles. The first-order valence-corrected chi connectivity index (χ1v) is 11.4. The van der Waals surface area contributed by atoms with Crippen LogP contribution in [0.4, 0.5) is 11.4 Å². The van der Waals surface area contributed by atoms with Gasteiger partial charge in [0.05, 0.1) is 47.4 Å². The Morgan fingerprint density at radius 1 is 1.13 bits per heavy atom. The van der Waals surface area contributed by atoms with E-state index in [0.29, 0.717) is 49.8 Å². The number of hydrogen-bond acceptors (Lipinski definition) is 7. The highest BCUT2D eigenvalue weighted by atomic mass is 32.2. The molecule has 1 atom stereocenters. The molecule has 0 saturated carbocycles. The lowest BCUT2D eigenvalue weighted by Gasteiger charge is -2.26. The van der Waals surface area contributed by atoms with Crippen molar-refractivity contribution < 1.29 is 27.1 Å². The summed E-state index contributed by atoms with van der Waals surface area (Å²) in [7, 11) is -3.69. The summed E-state index contributed by atoms with van der Waals surface area (Å²) >= 11 is 0. The number of morpholine rings is 1. The second-order valence-corrected chi connectivity index (χ2v) is 9.14. The Balaban J connectivity index is 1.59. The van der Waals surface area contributed by atoms with Crippen molar-refractivity contribution in [3.05, 3.63) is 42.4 Å². The van der Waals surface area contributed by atoms with Gasteiger partial charge in [-0.2, -0.15) is 4.31 Å². The Morgan fingerprint density at radius 3 is 2.67 bits per heavy atom. The van der Waals surface area contributed by atoms with E-state index in [9.17, 15) is 13.2 Å². The summed E-state index contributed by atoms with van der Waals surface area (Å²) in [5.41, 5.74) is 1.36. The monoisotopic (exact) mass is 435 g/mol. The molecule has 0 radical (unpaired) electrons. The topological polar surface area (TPSA) is 110 Å². The molecular weight excluding hydrogens is 410 g/mol. The first kappa shape index (κ1) is 20.9. The van der Waals surface area contributed by atoms with Gasteiger partial charge in [0.1, 0.15) is 6.26 Å². The predicted octanol–water partition coefficient (Wildman–Crippen LogP) is 2.14. The molecule has 3 heterocycles. The van der Waals surface area contributed by atoms with E-state index in [4.69, 9.17) is 13.9 Å². The predicted molar refractivity (Wildman–Crippen MR) is 110 cm³/mol. The lowest BCUT2D eigenvalue weighted by Crippen LogP contribution is -2.40. The van der Waals surface area contributed by atoms with Crippen molar-refractivity contribution in [2.45, 2.75) is 23.8 Å². The molecule has 10 heteroatoms. The van der Waals surface area contributed by atoms with Crippen molar-refractivity contribution in [2.24, 2.45) is 0 Å². The summed E-state index contributed by atoms with van der Waals surface area (Å²) in [6.07, 6.45) is 4.83. The average molecular weight is 436 g/mol. The number of nitrogens with one attached hydrogen (secondary N) is 2. The number of amides is 1. The highest BCUT2D eigenvalue weighted by molar-refractivity contribution is 7.89. The van der Waals surface area contributed by atoms with Crippen LogP contribution < -0.4 is 10.6 Å². The minimum absolute atomic E-state index is 0.0965. The van der Waals surface area contributed by atoms with Crippen LogP contribution >= 0.6 is 0 Å². The largest absolute Gasteiger partial charge is 0.472 e. The number of sulfonamides is 1. The molecule has 2 saturated heterocycles. The van der Waals surface area contributed by atoms with E-state index in [1.165, 1.54) is 22.9 Å². The Kier molecular flexibility index (Phi) is 6.38. The fourth-order valence-electron chi connectivity index (χ4n) is 3.49. The van der Waals surface area contributed by atoms with Gasteiger partial charge in [-0.15, -0.1) is 0 Å². The standard InChI is InChI=1S/C20H25N3O6S/c24-20(15-5-9-28-14-15)22-19-12-17(30(25,26)23-6-10-27-11-7-23)3-4-18(19)21-13-16-2-1-8-29-16/h3-5,9,12,14,16,21H,1-2,6-8,10-11,13H2,(H,22,24). The van der Waals surface area contributed by atoms with E-state index in [-0.39, 0.29) is 16.9 Å². The third kappa shape index (κ3) is 4.67. The van der Waals surface area contributed by atoms with E-state index >= 15 is 0 Å². The van der Waals surface area contributed by atoms with Crippen molar-refractivity contribution in [3.8, 4) is 0 Å². The van der Waals surface area contributed by atoms with Crippen molar-refractivity contribution in [1.82, 2.24) is 4.31 Å². The Morgan fingerprint density at radius 2 is 1.97 bits per heavy atom. The summed E-state index contributed by atoms with van der Waals surface area (Å²) < 4.78 is 43.3. The minimum atomic E-state index is -3.69. The van der Waals surface area contributed by atoms with Crippen LogP contribution in [0.15, 0.2) is 46.1 Å². The minimum Gasteiger partial charge on any atom is -0.472 e. The molecule has 0 bridgehead atoms. The number of carbonyl (C=O) groups excluding carboxylic acids is 1. The molecule has 30 heavy (non-hydrogen) atoms. The van der Waals surface area contributed by atoms with Gasteiger partial charge in [-0.1, -0.05) is 0 Å². The number of rotatable bonds is 7. The van der Waals surface area contributed by atoms with Crippen LogP contribution in [0.1, 0.15) is 23.2 Å². The second kappa shape index (κ2) is 9.17. The van der Waals surface area contributed by atoms with Gasteiger partial charge in [-0.3, -0.25) is 4.79 Å². The third-order valence-corrected chi connectivity index (χ3v) is 7.07. The van der Waals surface area contributed by atoms with Crippen molar-refractivity contribution in [2.75, 3.05) is 50.1 Å². The first-order chi connectivity index (χ1) is 14.5. The molecule has 162 valence electrons. The van der Waals surface area contributed by atoms with Crippen LogP contribution in [-0.2, 0) is 19.5 Å². The molecule has 0 spiro atoms. The molecule has 2 N–H and O–H groups in total. The molecule has 1 unspecified atom stereocenters. The van der Waals surface area contributed by atoms with Crippen LogP contribution in [0.3, 0.4) is 0 Å². The van der Waals surface area contributed by atoms with Crippen LogP contribution in [0.5, 0.6) is 0 Å². The number of anilines is 2. The lowest BCUT2D eigenvalue weighted by atomic mass is 10.2. The summed E-state index contributed by atoms with van der Waals surface area (Å²) in [6, 6.07) is 6.26. The number of hydrogen-bond donors (Lipinski definition) is 2. The van der Waals surface area contributed by atoms with Gasteiger partial charge in [0.15, 0.2) is 0 Å². The zero-order chi connectivity index (χ0) is 21.0. The maximum Gasteiger partial charge on any atom is 0.258 e. The Bertz CT molecular complexity index is 964. The smallest absolute Gasteiger partial charge is 0.258 e. The first-order valence-electron chi connectivity index (χ1n) is 9.95. The van der Waals surface area contributed by atoms with E-state index in [1.54, 1.807) is 18.2 Å². The van der Waals surface area contributed by atoms with Crippen LogP contribution in [0, 0.1) is 0 Å². The Labute approximate surface area is 175 Å². The summed E-state index contributed by atoms with van der Waals surface area (Å²) in [5, 5.41) is 6.07. The quantitative estimate of drug-likeness (QED) is 0.686. The van der Waals surface area contributed by atoms with Crippen LogP contribution in [0.25, 0.3) is 0 Å². The normalized spacial score (nSPS) is 20.2. The molecule has 1 aromatic carbocycles. The molecule has 9 nitrogen and oxygen atoms in total. The van der Waals surface area contributed by atoms with Gasteiger partial charge >= 0.3 is 0 Å². The number of furan rings is 1. The number of benzene rings is 1. The summed E-state index contributed by atoms with van der Waals surface area (Å²) in [4.78, 5) is 12.7. The lowest BCUT2D eigenvalue weighted by molar-refractivity contribution is 0.0730. The van der Waals surface area contributed by atoms with Gasteiger partial charge in [0.2, 0.25) is 10.0 Å². The Hall–Kier alpha value is -2.40. The van der Waals surface area contributed by atoms with Crippen LogP contribution in [0.2, 0.25) is 0 Å². The van der Waals surface area contributed by atoms with Gasteiger partial charge in [0.25, 0.3) is 5.91 Å². The molecule has 0 aliphatic carbocycles. The fourth-order valence-corrected chi connectivity index (χ4v) is 4.93. The van der Waals surface area contributed by atoms with E-state index in [1.807, 2.05) is 0 Å². The highest BCUT2D eigenvalue weighted by Crippen LogP contribution is 2.29. The van der Waals surface area contributed by atoms with E-state index in [0.717, 1.165) is 19.4 Å². The number of ether oxygens (including phenoxy) is 2. The third-order valence-electron chi connectivity index (χ3n) is 5.17. The van der Waals surface area contributed by atoms with Crippen molar-refractivity contribution in [3.63, 3.8) is 0 Å². The van der Waals surface area contributed by atoms with Crippen molar-refractivity contribution >= 4 is 27.3 Å². The maximum atomic E-state index is 13.0. The molecule has 2 aliphatic heterocycles. The van der Waals surface area contributed by atoms with E-state index < -0.39 is 10.0 Å². The SMILES string of the molecule is O=C(Nc1cc(S(=O)(=O)N2CCOCC2)ccc1NCC1CCCO1)c1ccoc1. The van der Waals surface area contributed by atoms with Gasteiger partial charge in [0, 0.05) is 26.2 Å². The molecule has 4 rings (SSSR count). The number of carbonyl (C=O) groups is 1. The van der Waals surface area contributed by atoms with Crippen LogP contribution in [-0.4, -0.2) is 64.2 Å². The molecule has 1 amide bonds. The number of nitrogens with zero attached hydrogens (tertiary/aromatic N) is 1. The summed E-state index contributed by atoms with van der Waals surface area (Å²) in [6.45, 7) is 2.65. The fraction of sp³-hybridized carbons (Fsp3) is 0.450.